The number of hydrogen-bond acceptors (Lipinski definition) is 7. The van der Waals surface area contributed by atoms with Crippen molar-refractivity contribution in [3.05, 3.63) is 76.7 Å². The van der Waals surface area contributed by atoms with Crippen molar-refractivity contribution in [2.75, 3.05) is 32.6 Å². The monoisotopic (exact) mass is 514 g/mol. The van der Waals surface area contributed by atoms with Gasteiger partial charge >= 0.3 is 6.18 Å². The summed E-state index contributed by atoms with van der Waals surface area (Å²) in [5, 5.41) is 5.72. The molecule has 3 aromatic carbocycles. The number of carbonyl (C=O) groups is 1. The van der Waals surface area contributed by atoms with Crippen molar-refractivity contribution >= 4 is 38.8 Å². The maximum absolute atomic E-state index is 13.1. The highest BCUT2D eigenvalue weighted by Gasteiger charge is 2.35. The summed E-state index contributed by atoms with van der Waals surface area (Å²) >= 11 is 1.50. The molecule has 0 radical (unpaired) electrons. The fourth-order valence-electron chi connectivity index (χ4n) is 3.35. The summed E-state index contributed by atoms with van der Waals surface area (Å²) in [5.41, 5.74) is -0.221. The third kappa shape index (κ3) is 5.86. The van der Waals surface area contributed by atoms with Crippen molar-refractivity contribution in [3.8, 4) is 16.3 Å². The number of rotatable bonds is 8. The number of amides is 1. The van der Waals surface area contributed by atoms with Gasteiger partial charge in [0, 0.05) is 23.4 Å². The molecular weight excluding hydrogens is 493 g/mol. The maximum atomic E-state index is 13.1. The second kappa shape index (κ2) is 10.4. The van der Waals surface area contributed by atoms with E-state index in [2.05, 4.69) is 15.5 Å². The lowest BCUT2D eigenvalue weighted by atomic mass is 10.1. The van der Waals surface area contributed by atoms with Crippen LogP contribution in [0.5, 0.6) is 5.75 Å². The predicted molar refractivity (Wildman–Crippen MR) is 134 cm³/mol. The van der Waals surface area contributed by atoms with Gasteiger partial charge < -0.3 is 15.0 Å². The molecule has 4 aromatic rings. The molecule has 1 N–H and O–H groups in total. The number of hydrogen-bond donors (Lipinski definition) is 1. The lowest BCUT2D eigenvalue weighted by Crippen LogP contribution is -2.19. The van der Waals surface area contributed by atoms with Crippen LogP contribution in [0.2, 0.25) is 0 Å². The quantitative estimate of drug-likeness (QED) is 0.269. The zero-order chi connectivity index (χ0) is 25.9. The Labute approximate surface area is 208 Å². The lowest BCUT2D eigenvalue weighted by molar-refractivity contribution is -0.137. The van der Waals surface area contributed by atoms with Crippen LogP contribution in [0, 0.1) is 4.91 Å². The van der Waals surface area contributed by atoms with Crippen LogP contribution < -0.4 is 10.1 Å². The van der Waals surface area contributed by atoms with E-state index < -0.39 is 23.3 Å². The number of nitrogens with one attached hydrogen (secondary N) is 1. The van der Waals surface area contributed by atoms with Crippen molar-refractivity contribution in [2.45, 2.75) is 6.18 Å². The molecule has 1 amide bonds. The van der Waals surface area contributed by atoms with Crippen LogP contribution in [-0.4, -0.2) is 43.0 Å². The van der Waals surface area contributed by atoms with E-state index in [1.54, 1.807) is 24.3 Å². The normalized spacial score (nSPS) is 11.6. The fraction of sp³-hybridized carbons (Fsp3) is 0.200. The van der Waals surface area contributed by atoms with Crippen LogP contribution in [0.1, 0.15) is 15.9 Å². The number of alkyl halides is 3. The molecule has 36 heavy (non-hydrogen) atoms. The predicted octanol–water partition coefficient (Wildman–Crippen LogP) is 6.57. The highest BCUT2D eigenvalue weighted by atomic mass is 32.1. The lowest BCUT2D eigenvalue weighted by Gasteiger charge is -2.11. The average molecular weight is 515 g/mol. The molecule has 0 saturated carbocycles. The Kier molecular flexibility index (Phi) is 7.32. The van der Waals surface area contributed by atoms with Crippen LogP contribution in [0.25, 0.3) is 20.8 Å². The summed E-state index contributed by atoms with van der Waals surface area (Å²) in [4.78, 5) is 29.9. The Morgan fingerprint density at radius 1 is 1.08 bits per heavy atom. The Morgan fingerprint density at radius 3 is 2.50 bits per heavy atom. The number of nitrogens with zero attached hydrogens (tertiary/aromatic N) is 3. The summed E-state index contributed by atoms with van der Waals surface area (Å²) in [6.07, 6.45) is -4.81. The first-order valence-corrected chi connectivity index (χ1v) is 11.6. The highest BCUT2D eigenvalue weighted by molar-refractivity contribution is 7.21. The summed E-state index contributed by atoms with van der Waals surface area (Å²) in [6.45, 7) is 1.38. The van der Waals surface area contributed by atoms with E-state index in [1.165, 1.54) is 11.3 Å². The summed E-state index contributed by atoms with van der Waals surface area (Å²) in [7, 11) is 3.96. The number of thiazole rings is 1. The molecule has 0 saturated heterocycles. The van der Waals surface area contributed by atoms with Gasteiger partial charge in [0.2, 0.25) is 0 Å². The topological polar surface area (TPSA) is 83.9 Å². The van der Waals surface area contributed by atoms with Gasteiger partial charge in [-0.05, 0) is 79.9 Å². The Hall–Kier alpha value is -3.83. The zero-order valence-electron chi connectivity index (χ0n) is 19.3. The molecule has 0 atom stereocenters. The van der Waals surface area contributed by atoms with Crippen molar-refractivity contribution in [1.82, 2.24) is 9.88 Å². The zero-order valence-corrected chi connectivity index (χ0v) is 20.1. The summed E-state index contributed by atoms with van der Waals surface area (Å²) < 4.78 is 46.2. The maximum Gasteiger partial charge on any atom is 0.418 e. The van der Waals surface area contributed by atoms with E-state index in [0.29, 0.717) is 18.4 Å². The van der Waals surface area contributed by atoms with Gasteiger partial charge in [-0.25, -0.2) is 4.98 Å². The van der Waals surface area contributed by atoms with E-state index in [9.17, 15) is 22.9 Å². The van der Waals surface area contributed by atoms with Crippen molar-refractivity contribution in [3.63, 3.8) is 0 Å². The van der Waals surface area contributed by atoms with Gasteiger partial charge in [0.1, 0.15) is 23.1 Å². The average Bonchev–Trinajstić information content (AvgIpc) is 3.27. The second-order valence-electron chi connectivity index (χ2n) is 8.15. The van der Waals surface area contributed by atoms with E-state index in [-0.39, 0.29) is 5.56 Å². The number of benzene rings is 3. The molecule has 0 aliphatic rings. The van der Waals surface area contributed by atoms with E-state index >= 15 is 0 Å². The van der Waals surface area contributed by atoms with Gasteiger partial charge in [-0.15, -0.1) is 16.2 Å². The number of anilines is 1. The van der Waals surface area contributed by atoms with E-state index in [4.69, 9.17) is 4.74 Å². The van der Waals surface area contributed by atoms with Gasteiger partial charge in [0.15, 0.2) is 0 Å². The standard InChI is InChI=1S/C25H21F3N4O3S/c1-32(2)11-12-35-18-8-10-21-22(14-18)36-24(30-21)15-3-6-17(7-4-15)29-23(33)16-5-9-20(31-34)19(13-16)25(26,27)28/h3-10,13-14H,11-12H2,1-2H3,(H,29,33). The van der Waals surface area contributed by atoms with Gasteiger partial charge in [0.05, 0.1) is 15.8 Å². The van der Waals surface area contributed by atoms with Crippen LogP contribution in [0.4, 0.5) is 24.5 Å². The number of nitroso groups, excluding NO2 is 1. The van der Waals surface area contributed by atoms with Gasteiger partial charge in [-0.3, -0.25) is 4.79 Å². The number of ether oxygens (including phenoxy) is 1. The fourth-order valence-corrected chi connectivity index (χ4v) is 4.35. The minimum Gasteiger partial charge on any atom is -0.492 e. The first-order chi connectivity index (χ1) is 17.1. The molecule has 11 heteroatoms. The molecule has 0 fully saturated rings. The van der Waals surface area contributed by atoms with E-state index in [0.717, 1.165) is 45.2 Å². The first-order valence-electron chi connectivity index (χ1n) is 10.8. The molecule has 0 unspecified atom stereocenters. The Balaban J connectivity index is 1.47. The molecule has 1 heterocycles. The van der Waals surface area contributed by atoms with Gasteiger partial charge in [0.25, 0.3) is 5.91 Å². The van der Waals surface area contributed by atoms with Crippen molar-refractivity contribution in [2.24, 2.45) is 5.18 Å². The van der Waals surface area contributed by atoms with Crippen LogP contribution in [0.15, 0.2) is 65.8 Å². The molecule has 4 rings (SSSR count). The minimum atomic E-state index is -4.81. The van der Waals surface area contributed by atoms with Gasteiger partial charge in [-0.1, -0.05) is 0 Å². The smallest absolute Gasteiger partial charge is 0.418 e. The number of halogens is 3. The summed E-state index contributed by atoms with van der Waals surface area (Å²) in [6, 6.07) is 15.1. The molecule has 0 spiro atoms. The molecule has 7 nitrogen and oxygen atoms in total. The molecule has 0 aliphatic carbocycles. The first kappa shape index (κ1) is 25.3. The van der Waals surface area contributed by atoms with Crippen LogP contribution >= 0.6 is 11.3 Å². The molecule has 0 aliphatic heterocycles. The second-order valence-corrected chi connectivity index (χ2v) is 9.18. The Bertz CT molecular complexity index is 1400. The van der Waals surface area contributed by atoms with Crippen LogP contribution in [0.3, 0.4) is 0 Å². The third-order valence-corrected chi connectivity index (χ3v) is 6.29. The molecule has 1 aromatic heterocycles. The highest BCUT2D eigenvalue weighted by Crippen LogP contribution is 2.37. The summed E-state index contributed by atoms with van der Waals surface area (Å²) in [5.74, 6) is 0.0238. The number of carbonyl (C=O) groups excluding carboxylic acids is 1. The van der Waals surface area contributed by atoms with E-state index in [1.807, 2.05) is 37.2 Å². The van der Waals surface area contributed by atoms with Crippen molar-refractivity contribution in [1.29, 1.82) is 0 Å². The largest absolute Gasteiger partial charge is 0.492 e. The SMILES string of the molecule is CN(C)CCOc1ccc2nc(-c3ccc(NC(=O)c4ccc(N=O)c(C(F)(F)F)c4)cc3)sc2c1. The number of aromatic nitrogens is 1. The molecule has 0 bridgehead atoms. The number of fused-ring (bicyclic) bond motifs is 1. The number of likely N-dealkylation sites (N-methyl/N-ethyl adjacent to an activating group) is 1. The Morgan fingerprint density at radius 2 is 1.83 bits per heavy atom. The molecule has 186 valence electrons. The van der Waals surface area contributed by atoms with Crippen LogP contribution in [-0.2, 0) is 6.18 Å². The molecular formula is C25H21F3N4O3S. The van der Waals surface area contributed by atoms with Gasteiger partial charge in [-0.2, -0.15) is 13.2 Å². The minimum absolute atomic E-state index is 0.242. The third-order valence-electron chi connectivity index (χ3n) is 5.22. The van der Waals surface area contributed by atoms with Crippen molar-refractivity contribution < 1.29 is 22.7 Å².